The molecule has 0 radical (unpaired) electrons. The number of fused-ring (bicyclic) bond motifs is 1. The minimum Gasteiger partial charge on any atom is -0.493 e. The van der Waals surface area contributed by atoms with Crippen LogP contribution in [0.15, 0.2) is 30.3 Å². The summed E-state index contributed by atoms with van der Waals surface area (Å²) in [4.78, 5) is 0. The van der Waals surface area contributed by atoms with Gasteiger partial charge in [-0.3, -0.25) is 0 Å². The summed E-state index contributed by atoms with van der Waals surface area (Å²) in [6, 6.07) is 10.4. The summed E-state index contributed by atoms with van der Waals surface area (Å²) in [5.74, 6) is 2.56. The van der Waals surface area contributed by atoms with Crippen molar-refractivity contribution in [3.63, 3.8) is 0 Å². The molecule has 0 saturated carbocycles. The maximum absolute atomic E-state index is 6.26. The fourth-order valence-electron chi connectivity index (χ4n) is 3.94. The molecule has 0 aliphatic rings. The Labute approximate surface area is 190 Å². The highest BCUT2D eigenvalue weighted by Crippen LogP contribution is 2.42. The molecule has 2 rings (SSSR count). The van der Waals surface area contributed by atoms with Crippen LogP contribution in [-0.2, 0) is 0 Å². The SMILES string of the molecule is CCCCCCCCOc1cc(OCC)c(OCCCCCCCC)c2ccccc12. The number of hydrogen-bond donors (Lipinski definition) is 0. The Kier molecular flexibility index (Phi) is 13.0. The van der Waals surface area contributed by atoms with E-state index in [4.69, 9.17) is 14.2 Å². The minimum absolute atomic E-state index is 0.614. The topological polar surface area (TPSA) is 27.7 Å². The molecule has 2 aromatic rings. The molecule has 0 aliphatic heterocycles. The lowest BCUT2D eigenvalue weighted by molar-refractivity contribution is 0.269. The van der Waals surface area contributed by atoms with Gasteiger partial charge in [-0.1, -0.05) is 102 Å². The highest BCUT2D eigenvalue weighted by atomic mass is 16.5. The Bertz CT molecular complexity index is 726. The number of ether oxygens (including phenoxy) is 3. The van der Waals surface area contributed by atoms with Gasteiger partial charge in [0, 0.05) is 16.8 Å². The van der Waals surface area contributed by atoms with Gasteiger partial charge in [0.05, 0.1) is 19.8 Å². The van der Waals surface area contributed by atoms with Gasteiger partial charge in [0.15, 0.2) is 11.5 Å². The summed E-state index contributed by atoms with van der Waals surface area (Å²) in [6.45, 7) is 8.62. The molecule has 0 N–H and O–H groups in total. The molecule has 0 fully saturated rings. The van der Waals surface area contributed by atoms with Crippen LogP contribution in [0, 0.1) is 0 Å². The quantitative estimate of drug-likeness (QED) is 0.222. The van der Waals surface area contributed by atoms with E-state index in [1.165, 1.54) is 64.2 Å². The minimum atomic E-state index is 0.614. The molecule has 0 saturated heterocycles. The Morgan fingerprint density at radius 1 is 0.548 bits per heavy atom. The molecule has 0 spiro atoms. The van der Waals surface area contributed by atoms with Gasteiger partial charge in [0.2, 0.25) is 0 Å². The second-order valence-corrected chi connectivity index (χ2v) is 8.41. The average Bonchev–Trinajstić information content (AvgIpc) is 2.79. The van der Waals surface area contributed by atoms with E-state index < -0.39 is 0 Å². The predicted molar refractivity (Wildman–Crippen MR) is 133 cm³/mol. The first kappa shape index (κ1) is 25.4. The third-order valence-corrected chi connectivity index (χ3v) is 5.72. The molecule has 0 heterocycles. The highest BCUT2D eigenvalue weighted by molar-refractivity contribution is 5.95. The number of unbranched alkanes of at least 4 members (excludes halogenated alkanes) is 10. The Morgan fingerprint density at radius 2 is 1.10 bits per heavy atom. The molecule has 0 aromatic heterocycles. The lowest BCUT2D eigenvalue weighted by atomic mass is 10.1. The maximum Gasteiger partial charge on any atom is 0.169 e. The molecule has 0 atom stereocenters. The Balaban J connectivity index is 2.01. The zero-order valence-corrected chi connectivity index (χ0v) is 20.2. The van der Waals surface area contributed by atoms with Crippen molar-refractivity contribution in [2.45, 2.75) is 97.8 Å². The molecule has 0 aliphatic carbocycles. The summed E-state index contributed by atoms with van der Waals surface area (Å²) in [6.07, 6.45) is 15.1. The standard InChI is InChI=1S/C28H44O3/c1-4-7-9-11-13-17-21-30-26-23-27(29-6-3)28(25-20-16-15-19-24(25)26)31-22-18-14-12-10-8-5-2/h15-16,19-20,23H,4-14,17-18,21-22H2,1-3H3. The number of rotatable bonds is 18. The second-order valence-electron chi connectivity index (χ2n) is 8.41. The molecule has 31 heavy (non-hydrogen) atoms. The maximum atomic E-state index is 6.26. The second kappa shape index (κ2) is 15.8. The first-order valence-electron chi connectivity index (χ1n) is 12.8. The van der Waals surface area contributed by atoms with Gasteiger partial charge >= 0.3 is 0 Å². The number of hydrogen-bond acceptors (Lipinski definition) is 3. The normalized spacial score (nSPS) is 11.1. The molecule has 0 unspecified atom stereocenters. The smallest absolute Gasteiger partial charge is 0.169 e. The molecular weight excluding hydrogens is 384 g/mol. The summed E-state index contributed by atoms with van der Waals surface area (Å²) in [7, 11) is 0. The van der Waals surface area contributed by atoms with E-state index in [0.29, 0.717) is 6.61 Å². The van der Waals surface area contributed by atoms with Crippen LogP contribution in [0.3, 0.4) is 0 Å². The Hall–Kier alpha value is -1.90. The van der Waals surface area contributed by atoms with Crippen LogP contribution in [0.5, 0.6) is 17.2 Å². The zero-order valence-electron chi connectivity index (χ0n) is 20.2. The fourth-order valence-corrected chi connectivity index (χ4v) is 3.94. The van der Waals surface area contributed by atoms with Crippen molar-refractivity contribution in [1.29, 1.82) is 0 Å². The van der Waals surface area contributed by atoms with Crippen LogP contribution in [0.25, 0.3) is 10.8 Å². The van der Waals surface area contributed by atoms with Gasteiger partial charge in [0.25, 0.3) is 0 Å². The molecule has 0 amide bonds. The van der Waals surface area contributed by atoms with E-state index in [0.717, 1.165) is 54.1 Å². The fraction of sp³-hybridized carbons (Fsp3) is 0.643. The number of benzene rings is 2. The molecule has 0 bridgehead atoms. The Morgan fingerprint density at radius 3 is 1.71 bits per heavy atom. The van der Waals surface area contributed by atoms with Gasteiger partial charge in [-0.15, -0.1) is 0 Å². The van der Waals surface area contributed by atoms with E-state index in [1.807, 2.05) is 13.0 Å². The van der Waals surface area contributed by atoms with E-state index in [9.17, 15) is 0 Å². The summed E-state index contributed by atoms with van der Waals surface area (Å²) < 4.78 is 18.4. The van der Waals surface area contributed by atoms with Crippen molar-refractivity contribution in [2.75, 3.05) is 19.8 Å². The molecule has 174 valence electrons. The summed E-state index contributed by atoms with van der Waals surface area (Å²) in [5, 5.41) is 2.19. The van der Waals surface area contributed by atoms with Gasteiger partial charge in [-0.05, 0) is 19.8 Å². The molecule has 3 heteroatoms. The van der Waals surface area contributed by atoms with Gasteiger partial charge < -0.3 is 14.2 Å². The van der Waals surface area contributed by atoms with Gasteiger partial charge in [-0.2, -0.15) is 0 Å². The lowest BCUT2D eigenvalue weighted by Crippen LogP contribution is -2.04. The summed E-state index contributed by atoms with van der Waals surface area (Å²) in [5.41, 5.74) is 0. The lowest BCUT2D eigenvalue weighted by Gasteiger charge is -2.18. The van der Waals surface area contributed by atoms with E-state index in [2.05, 4.69) is 38.1 Å². The van der Waals surface area contributed by atoms with Crippen LogP contribution < -0.4 is 14.2 Å². The van der Waals surface area contributed by atoms with Crippen LogP contribution in [0.2, 0.25) is 0 Å². The van der Waals surface area contributed by atoms with Crippen molar-refractivity contribution in [3.8, 4) is 17.2 Å². The molecular formula is C28H44O3. The van der Waals surface area contributed by atoms with E-state index in [1.54, 1.807) is 0 Å². The highest BCUT2D eigenvalue weighted by Gasteiger charge is 2.15. The third kappa shape index (κ3) is 9.01. The van der Waals surface area contributed by atoms with E-state index in [-0.39, 0.29) is 0 Å². The molecule has 2 aromatic carbocycles. The average molecular weight is 429 g/mol. The molecule has 3 nitrogen and oxygen atoms in total. The third-order valence-electron chi connectivity index (χ3n) is 5.72. The van der Waals surface area contributed by atoms with Crippen LogP contribution in [-0.4, -0.2) is 19.8 Å². The van der Waals surface area contributed by atoms with Gasteiger partial charge in [0.1, 0.15) is 5.75 Å². The first-order valence-corrected chi connectivity index (χ1v) is 12.8. The summed E-state index contributed by atoms with van der Waals surface area (Å²) >= 11 is 0. The predicted octanol–water partition coefficient (Wildman–Crippen LogP) is 8.72. The largest absolute Gasteiger partial charge is 0.493 e. The first-order chi connectivity index (χ1) is 15.3. The van der Waals surface area contributed by atoms with Crippen molar-refractivity contribution in [3.05, 3.63) is 30.3 Å². The van der Waals surface area contributed by atoms with Crippen LogP contribution in [0.4, 0.5) is 0 Å². The van der Waals surface area contributed by atoms with Crippen molar-refractivity contribution < 1.29 is 14.2 Å². The van der Waals surface area contributed by atoms with Crippen LogP contribution >= 0.6 is 0 Å². The monoisotopic (exact) mass is 428 g/mol. The van der Waals surface area contributed by atoms with Gasteiger partial charge in [-0.25, -0.2) is 0 Å². The van der Waals surface area contributed by atoms with Crippen molar-refractivity contribution in [2.24, 2.45) is 0 Å². The van der Waals surface area contributed by atoms with E-state index >= 15 is 0 Å². The van der Waals surface area contributed by atoms with Crippen molar-refractivity contribution in [1.82, 2.24) is 0 Å². The van der Waals surface area contributed by atoms with Crippen molar-refractivity contribution >= 4 is 10.8 Å². The zero-order chi connectivity index (χ0) is 22.2. The van der Waals surface area contributed by atoms with Crippen LogP contribution in [0.1, 0.15) is 97.8 Å².